The first-order valence-corrected chi connectivity index (χ1v) is 10.2. The van der Waals surface area contributed by atoms with Gasteiger partial charge < -0.3 is 20.1 Å². The maximum atomic E-state index is 13.2. The van der Waals surface area contributed by atoms with Crippen molar-refractivity contribution in [2.45, 2.75) is 51.5 Å². The number of nitrogens with zero attached hydrogens (tertiary/aromatic N) is 2. The molecule has 5 rings (SSSR count). The second-order valence-electron chi connectivity index (χ2n) is 8.03. The van der Waals surface area contributed by atoms with Crippen molar-refractivity contribution in [2.75, 3.05) is 0 Å². The highest BCUT2D eigenvalue weighted by Gasteiger charge is 2.45. The van der Waals surface area contributed by atoms with Crippen LogP contribution in [0.15, 0.2) is 35.1 Å². The summed E-state index contributed by atoms with van der Waals surface area (Å²) >= 11 is 0. The first-order valence-electron chi connectivity index (χ1n) is 10.2. The number of nitrogens with two attached hydrogens (primary N) is 1. The summed E-state index contributed by atoms with van der Waals surface area (Å²) < 4.78 is 6.76. The van der Waals surface area contributed by atoms with Crippen LogP contribution in [0.1, 0.15) is 55.0 Å². The maximum Gasteiger partial charge on any atom is 0.343 e. The predicted molar refractivity (Wildman–Crippen MR) is 112 cm³/mol. The summed E-state index contributed by atoms with van der Waals surface area (Å²) in [6.45, 7) is 3.99. The number of ether oxygens (including phenoxy) is 1. The zero-order chi connectivity index (χ0) is 21.2. The van der Waals surface area contributed by atoms with Gasteiger partial charge >= 0.3 is 5.97 Å². The lowest BCUT2D eigenvalue weighted by molar-refractivity contribution is -0.172. The number of aliphatic hydroxyl groups is 1. The Bertz CT molecular complexity index is 1280. The Kier molecular flexibility index (Phi) is 4.10. The first-order chi connectivity index (χ1) is 14.4. The molecule has 0 spiro atoms. The normalized spacial score (nSPS) is 20.5. The highest BCUT2D eigenvalue weighted by atomic mass is 16.6. The Labute approximate surface area is 173 Å². The monoisotopic (exact) mass is 405 g/mol. The molecule has 2 aliphatic heterocycles. The van der Waals surface area contributed by atoms with Crippen molar-refractivity contribution in [3.63, 3.8) is 0 Å². The van der Waals surface area contributed by atoms with Crippen LogP contribution in [0.3, 0.4) is 0 Å². The summed E-state index contributed by atoms with van der Waals surface area (Å²) in [6, 6.07) is 9.59. The SMILES string of the molecule is CCC(N)c1cccc2cc3c(nc12)-c1cc2c(c(=O)n1C3)COC(=O)[C@]2(O)CC. The molecule has 7 heteroatoms. The number of para-hydroxylation sites is 1. The van der Waals surface area contributed by atoms with Gasteiger partial charge in [0.05, 0.1) is 29.0 Å². The fourth-order valence-electron chi connectivity index (χ4n) is 4.55. The van der Waals surface area contributed by atoms with Gasteiger partial charge in [0.2, 0.25) is 0 Å². The van der Waals surface area contributed by atoms with Gasteiger partial charge in [0.25, 0.3) is 5.56 Å². The fourth-order valence-corrected chi connectivity index (χ4v) is 4.55. The van der Waals surface area contributed by atoms with E-state index in [1.807, 2.05) is 31.2 Å². The van der Waals surface area contributed by atoms with Gasteiger partial charge in [0.1, 0.15) is 6.61 Å². The minimum Gasteiger partial charge on any atom is -0.458 e. The van der Waals surface area contributed by atoms with Gasteiger partial charge in [-0.2, -0.15) is 0 Å². The number of hydrogen-bond donors (Lipinski definition) is 2. The van der Waals surface area contributed by atoms with Gasteiger partial charge in [0, 0.05) is 22.6 Å². The molecule has 0 bridgehead atoms. The van der Waals surface area contributed by atoms with Crippen LogP contribution < -0.4 is 11.3 Å². The molecule has 7 nitrogen and oxygen atoms in total. The van der Waals surface area contributed by atoms with Crippen molar-refractivity contribution >= 4 is 16.9 Å². The Morgan fingerprint density at radius 2 is 2.10 bits per heavy atom. The fraction of sp³-hybridized carbons (Fsp3) is 0.348. The maximum absolute atomic E-state index is 13.2. The van der Waals surface area contributed by atoms with Gasteiger partial charge in [-0.1, -0.05) is 32.0 Å². The summed E-state index contributed by atoms with van der Waals surface area (Å²) in [5.41, 5.74) is 8.88. The summed E-state index contributed by atoms with van der Waals surface area (Å²) in [5, 5.41) is 11.9. The van der Waals surface area contributed by atoms with Crippen molar-refractivity contribution in [1.82, 2.24) is 9.55 Å². The van der Waals surface area contributed by atoms with E-state index >= 15 is 0 Å². The van der Waals surface area contributed by atoms with E-state index in [1.165, 1.54) is 0 Å². The summed E-state index contributed by atoms with van der Waals surface area (Å²) in [6.07, 6.45) is 0.905. The molecule has 0 amide bonds. The van der Waals surface area contributed by atoms with Gasteiger partial charge in [-0.05, 0) is 30.5 Å². The second-order valence-corrected chi connectivity index (χ2v) is 8.03. The molecule has 1 aromatic carbocycles. The van der Waals surface area contributed by atoms with Crippen LogP contribution in [0.25, 0.3) is 22.3 Å². The van der Waals surface area contributed by atoms with Crippen LogP contribution >= 0.6 is 0 Å². The molecular formula is C23H23N3O4. The van der Waals surface area contributed by atoms with E-state index in [9.17, 15) is 14.7 Å². The standard InChI is InChI=1S/C23H23N3O4/c1-3-17(24)14-7-5-6-12-8-13-10-26-18(20(13)25-19(12)14)9-16-15(21(26)27)11-30-22(28)23(16,29)4-2/h5-9,17,29H,3-4,10-11,24H2,1-2H3/t17?,23-/m0/s1. The zero-order valence-corrected chi connectivity index (χ0v) is 16.9. The molecule has 2 aromatic heterocycles. The van der Waals surface area contributed by atoms with Gasteiger partial charge in [-0.3, -0.25) is 4.79 Å². The van der Waals surface area contributed by atoms with E-state index in [0.717, 1.165) is 28.5 Å². The highest BCUT2D eigenvalue weighted by molar-refractivity contribution is 5.88. The Balaban J connectivity index is 1.78. The van der Waals surface area contributed by atoms with Crippen LogP contribution in [0.4, 0.5) is 0 Å². The third-order valence-electron chi connectivity index (χ3n) is 6.41. The second kappa shape index (κ2) is 6.48. The largest absolute Gasteiger partial charge is 0.458 e. The van der Waals surface area contributed by atoms with Crippen LogP contribution in [0.2, 0.25) is 0 Å². The molecule has 4 heterocycles. The lowest BCUT2D eigenvalue weighted by Gasteiger charge is -2.31. The van der Waals surface area contributed by atoms with Gasteiger partial charge in [-0.25, -0.2) is 9.78 Å². The average molecular weight is 405 g/mol. The number of rotatable bonds is 3. The number of cyclic esters (lactones) is 1. The number of fused-ring (bicyclic) bond motifs is 5. The van der Waals surface area contributed by atoms with Crippen LogP contribution in [-0.4, -0.2) is 20.6 Å². The Morgan fingerprint density at radius 1 is 1.30 bits per heavy atom. The molecule has 0 aliphatic carbocycles. The molecule has 3 N–H and O–H groups in total. The third-order valence-corrected chi connectivity index (χ3v) is 6.41. The Morgan fingerprint density at radius 3 is 2.83 bits per heavy atom. The van der Waals surface area contributed by atoms with Crippen molar-refractivity contribution in [3.8, 4) is 11.4 Å². The van der Waals surface area contributed by atoms with Crippen molar-refractivity contribution in [1.29, 1.82) is 0 Å². The van der Waals surface area contributed by atoms with E-state index in [-0.39, 0.29) is 24.6 Å². The van der Waals surface area contributed by atoms with Crippen molar-refractivity contribution in [3.05, 3.63) is 62.9 Å². The van der Waals surface area contributed by atoms with E-state index < -0.39 is 11.6 Å². The minimum atomic E-state index is -1.82. The quantitative estimate of drug-likeness (QED) is 0.507. The molecule has 154 valence electrons. The van der Waals surface area contributed by atoms with E-state index in [0.29, 0.717) is 29.1 Å². The average Bonchev–Trinajstić information content (AvgIpc) is 3.12. The summed E-state index contributed by atoms with van der Waals surface area (Å²) in [4.78, 5) is 30.4. The van der Waals surface area contributed by atoms with Crippen LogP contribution in [0, 0.1) is 0 Å². The smallest absolute Gasteiger partial charge is 0.343 e. The Hall–Kier alpha value is -3.03. The molecule has 2 atom stereocenters. The van der Waals surface area contributed by atoms with E-state index in [1.54, 1.807) is 17.6 Å². The third kappa shape index (κ3) is 2.42. The summed E-state index contributed by atoms with van der Waals surface area (Å²) in [5.74, 6) is -0.720. The van der Waals surface area contributed by atoms with E-state index in [4.69, 9.17) is 15.5 Å². The van der Waals surface area contributed by atoms with Gasteiger partial charge in [0.15, 0.2) is 5.60 Å². The molecule has 2 aliphatic rings. The molecule has 30 heavy (non-hydrogen) atoms. The summed E-state index contributed by atoms with van der Waals surface area (Å²) in [7, 11) is 0. The number of pyridine rings is 2. The number of benzene rings is 1. The molecule has 0 saturated carbocycles. The molecule has 3 aromatic rings. The highest BCUT2D eigenvalue weighted by Crippen LogP contribution is 2.39. The lowest BCUT2D eigenvalue weighted by atomic mass is 9.86. The molecule has 0 fully saturated rings. The lowest BCUT2D eigenvalue weighted by Crippen LogP contribution is -2.44. The van der Waals surface area contributed by atoms with E-state index in [2.05, 4.69) is 0 Å². The first kappa shape index (κ1) is 19.0. The zero-order valence-electron chi connectivity index (χ0n) is 16.9. The predicted octanol–water partition coefficient (Wildman–Crippen LogP) is 2.49. The molecule has 0 radical (unpaired) electrons. The minimum absolute atomic E-state index is 0.120. The molecule has 0 saturated heterocycles. The molecule has 1 unspecified atom stereocenters. The van der Waals surface area contributed by atoms with Crippen LogP contribution in [0.5, 0.6) is 0 Å². The number of hydrogen-bond acceptors (Lipinski definition) is 6. The number of carbonyl (C=O) groups excluding carboxylic acids is 1. The van der Waals surface area contributed by atoms with Crippen LogP contribution in [-0.2, 0) is 28.3 Å². The topological polar surface area (TPSA) is 107 Å². The number of carbonyl (C=O) groups is 1. The number of aromatic nitrogens is 2. The van der Waals surface area contributed by atoms with Crippen molar-refractivity contribution in [2.24, 2.45) is 5.73 Å². The van der Waals surface area contributed by atoms with Gasteiger partial charge in [-0.15, -0.1) is 0 Å². The number of esters is 1. The molecular weight excluding hydrogens is 382 g/mol. The van der Waals surface area contributed by atoms with Crippen molar-refractivity contribution < 1.29 is 14.6 Å².